The van der Waals surface area contributed by atoms with Crippen LogP contribution in [0.3, 0.4) is 0 Å². The second kappa shape index (κ2) is 6.22. The molecule has 0 aliphatic rings. The third-order valence-electron chi connectivity index (χ3n) is 2.99. The Bertz CT molecular complexity index is 486. The fraction of sp³-hybridized carbons (Fsp3) is 0.429. The number of carboxylic acids is 1. The molecular weight excluding hydrogens is 244 g/mol. The van der Waals surface area contributed by atoms with E-state index in [1.165, 1.54) is 9.80 Å². The fourth-order valence-corrected chi connectivity index (χ4v) is 1.90. The number of urea groups is 1. The molecule has 19 heavy (non-hydrogen) atoms. The number of rotatable bonds is 4. The molecule has 0 heterocycles. The summed E-state index contributed by atoms with van der Waals surface area (Å²) in [5.74, 6) is -0.909. The normalized spacial score (nSPS) is 10.1. The number of anilines is 1. The van der Waals surface area contributed by atoms with Crippen molar-refractivity contribution >= 4 is 17.7 Å². The second-order valence-corrected chi connectivity index (χ2v) is 4.70. The molecule has 0 bridgehead atoms. The van der Waals surface area contributed by atoms with Crippen molar-refractivity contribution in [3.63, 3.8) is 0 Å². The van der Waals surface area contributed by atoms with Crippen LogP contribution in [0.1, 0.15) is 17.5 Å². The summed E-state index contributed by atoms with van der Waals surface area (Å²) in [5, 5.41) is 8.62. The van der Waals surface area contributed by atoms with E-state index in [1.807, 2.05) is 32.0 Å². The molecule has 0 fully saturated rings. The third kappa shape index (κ3) is 3.98. The largest absolute Gasteiger partial charge is 0.481 e. The van der Waals surface area contributed by atoms with Crippen LogP contribution in [0.2, 0.25) is 0 Å². The quantitative estimate of drug-likeness (QED) is 0.907. The van der Waals surface area contributed by atoms with Crippen LogP contribution < -0.4 is 4.90 Å². The van der Waals surface area contributed by atoms with E-state index in [9.17, 15) is 9.59 Å². The number of aryl methyl sites for hydroxylation is 2. The van der Waals surface area contributed by atoms with Gasteiger partial charge in [0.1, 0.15) is 0 Å². The summed E-state index contributed by atoms with van der Waals surface area (Å²) in [5.41, 5.74) is 2.99. The Labute approximate surface area is 113 Å². The van der Waals surface area contributed by atoms with E-state index in [4.69, 9.17) is 5.11 Å². The molecule has 0 atom stereocenters. The number of nitrogens with zero attached hydrogens (tertiary/aromatic N) is 2. The van der Waals surface area contributed by atoms with E-state index in [-0.39, 0.29) is 19.0 Å². The summed E-state index contributed by atoms with van der Waals surface area (Å²) in [7, 11) is 3.29. The summed E-state index contributed by atoms with van der Waals surface area (Å²) in [6.07, 6.45) is -0.0526. The van der Waals surface area contributed by atoms with E-state index in [2.05, 4.69) is 0 Å². The van der Waals surface area contributed by atoms with Gasteiger partial charge in [0.05, 0.1) is 6.42 Å². The van der Waals surface area contributed by atoms with Crippen molar-refractivity contribution in [2.24, 2.45) is 0 Å². The van der Waals surface area contributed by atoms with E-state index in [1.54, 1.807) is 14.1 Å². The molecule has 0 spiro atoms. The van der Waals surface area contributed by atoms with Crippen LogP contribution in [0.5, 0.6) is 0 Å². The first-order valence-corrected chi connectivity index (χ1v) is 6.10. The molecule has 1 N–H and O–H groups in total. The monoisotopic (exact) mass is 264 g/mol. The van der Waals surface area contributed by atoms with E-state index >= 15 is 0 Å². The maximum absolute atomic E-state index is 12.2. The number of aliphatic carboxylic acids is 1. The zero-order chi connectivity index (χ0) is 14.6. The number of carbonyl (C=O) groups excluding carboxylic acids is 1. The van der Waals surface area contributed by atoms with Gasteiger partial charge in [-0.25, -0.2) is 4.79 Å². The zero-order valence-electron chi connectivity index (χ0n) is 11.8. The molecule has 0 unspecified atom stereocenters. The molecule has 0 saturated carbocycles. The van der Waals surface area contributed by atoms with Gasteiger partial charge in [0.15, 0.2) is 0 Å². The van der Waals surface area contributed by atoms with Gasteiger partial charge >= 0.3 is 12.0 Å². The van der Waals surface area contributed by atoms with Crippen molar-refractivity contribution in [3.05, 3.63) is 29.3 Å². The Morgan fingerprint density at radius 1 is 1.21 bits per heavy atom. The maximum atomic E-state index is 12.2. The molecule has 5 nitrogen and oxygen atoms in total. The maximum Gasteiger partial charge on any atom is 0.323 e. The minimum atomic E-state index is -0.909. The number of benzene rings is 1. The van der Waals surface area contributed by atoms with Crippen molar-refractivity contribution in [2.45, 2.75) is 20.3 Å². The fourth-order valence-electron chi connectivity index (χ4n) is 1.90. The molecule has 1 rings (SSSR count). The third-order valence-corrected chi connectivity index (χ3v) is 2.99. The molecule has 0 aromatic heterocycles. The van der Waals surface area contributed by atoms with Crippen molar-refractivity contribution in [3.8, 4) is 0 Å². The average Bonchev–Trinajstić information content (AvgIpc) is 2.34. The average molecular weight is 264 g/mol. The van der Waals surface area contributed by atoms with Crippen LogP contribution in [0.25, 0.3) is 0 Å². The Balaban J connectivity index is 2.78. The summed E-state index contributed by atoms with van der Waals surface area (Å²) in [6, 6.07) is 5.64. The molecule has 1 aromatic carbocycles. The molecule has 5 heteroatoms. The predicted octanol–water partition coefficient (Wildman–Crippen LogP) is 2.27. The lowest BCUT2D eigenvalue weighted by Gasteiger charge is -2.26. The Hall–Kier alpha value is -2.04. The minimum Gasteiger partial charge on any atom is -0.481 e. The smallest absolute Gasteiger partial charge is 0.323 e. The van der Waals surface area contributed by atoms with Gasteiger partial charge < -0.3 is 10.0 Å². The van der Waals surface area contributed by atoms with Crippen LogP contribution >= 0.6 is 0 Å². The number of carboxylic acid groups (broad SMARTS) is 1. The lowest BCUT2D eigenvalue weighted by molar-refractivity contribution is -0.137. The summed E-state index contributed by atoms with van der Waals surface area (Å²) < 4.78 is 0. The molecule has 0 aliphatic carbocycles. The van der Waals surface area contributed by atoms with Gasteiger partial charge in [-0.1, -0.05) is 17.7 Å². The molecule has 104 valence electrons. The molecule has 1 aromatic rings. The van der Waals surface area contributed by atoms with Crippen LogP contribution in [0.4, 0.5) is 10.5 Å². The van der Waals surface area contributed by atoms with Crippen LogP contribution in [-0.2, 0) is 4.79 Å². The zero-order valence-corrected chi connectivity index (χ0v) is 11.8. The highest BCUT2D eigenvalue weighted by atomic mass is 16.4. The van der Waals surface area contributed by atoms with Gasteiger partial charge in [-0.15, -0.1) is 0 Å². The van der Waals surface area contributed by atoms with Crippen LogP contribution in [0, 0.1) is 13.8 Å². The summed E-state index contributed by atoms with van der Waals surface area (Å²) in [4.78, 5) is 25.6. The molecule has 0 aliphatic heterocycles. The SMILES string of the molecule is Cc1ccc(N(C)C(=O)N(C)CCC(=O)O)c(C)c1. The van der Waals surface area contributed by atoms with E-state index in [0.29, 0.717) is 0 Å². The first kappa shape index (κ1) is 15.0. The summed E-state index contributed by atoms with van der Waals surface area (Å²) >= 11 is 0. The van der Waals surface area contributed by atoms with Gasteiger partial charge in [-0.3, -0.25) is 9.69 Å². The summed E-state index contributed by atoms with van der Waals surface area (Å²) in [6.45, 7) is 4.14. The lowest BCUT2D eigenvalue weighted by Crippen LogP contribution is -2.40. The highest BCUT2D eigenvalue weighted by Crippen LogP contribution is 2.20. The Morgan fingerprint density at radius 2 is 1.84 bits per heavy atom. The predicted molar refractivity (Wildman–Crippen MR) is 74.6 cm³/mol. The number of hydrogen-bond acceptors (Lipinski definition) is 2. The standard InChI is InChI=1S/C14H20N2O3/c1-10-5-6-12(11(2)9-10)16(4)14(19)15(3)8-7-13(17)18/h5-6,9H,7-8H2,1-4H3,(H,17,18). The molecule has 0 radical (unpaired) electrons. The van der Waals surface area contributed by atoms with E-state index in [0.717, 1.165) is 16.8 Å². The molecular formula is C14H20N2O3. The van der Waals surface area contributed by atoms with Crippen molar-refractivity contribution in [2.75, 3.05) is 25.5 Å². The van der Waals surface area contributed by atoms with Gasteiger partial charge in [0.2, 0.25) is 0 Å². The van der Waals surface area contributed by atoms with Gasteiger partial charge in [-0.2, -0.15) is 0 Å². The van der Waals surface area contributed by atoms with Crippen LogP contribution in [0.15, 0.2) is 18.2 Å². The Kier molecular flexibility index (Phi) is 4.92. The van der Waals surface area contributed by atoms with E-state index < -0.39 is 5.97 Å². The Morgan fingerprint density at radius 3 is 2.37 bits per heavy atom. The lowest BCUT2D eigenvalue weighted by atomic mass is 10.1. The van der Waals surface area contributed by atoms with Crippen molar-refractivity contribution in [1.82, 2.24) is 4.90 Å². The molecule has 0 saturated heterocycles. The number of carbonyl (C=O) groups is 2. The van der Waals surface area contributed by atoms with Gasteiger partial charge in [0, 0.05) is 26.3 Å². The minimum absolute atomic E-state index is 0.0526. The number of hydrogen-bond donors (Lipinski definition) is 1. The van der Waals surface area contributed by atoms with Crippen LogP contribution in [-0.4, -0.2) is 42.6 Å². The van der Waals surface area contributed by atoms with Gasteiger partial charge in [0.25, 0.3) is 0 Å². The second-order valence-electron chi connectivity index (χ2n) is 4.70. The first-order chi connectivity index (χ1) is 8.82. The topological polar surface area (TPSA) is 60.9 Å². The van der Waals surface area contributed by atoms with Gasteiger partial charge in [-0.05, 0) is 25.5 Å². The molecule has 2 amide bonds. The van der Waals surface area contributed by atoms with Crippen molar-refractivity contribution in [1.29, 1.82) is 0 Å². The van der Waals surface area contributed by atoms with Crippen molar-refractivity contribution < 1.29 is 14.7 Å². The highest BCUT2D eigenvalue weighted by molar-refractivity contribution is 5.92. The highest BCUT2D eigenvalue weighted by Gasteiger charge is 2.17. The number of amides is 2. The first-order valence-electron chi connectivity index (χ1n) is 6.10.